The van der Waals surface area contributed by atoms with E-state index in [1.807, 2.05) is 26.6 Å². The molecule has 0 saturated heterocycles. The average Bonchev–Trinajstić information content (AvgIpc) is 1.82. The summed E-state index contributed by atoms with van der Waals surface area (Å²) in [6, 6.07) is 0. The third kappa shape index (κ3) is 5.44. The highest BCUT2D eigenvalue weighted by molar-refractivity contribution is 9.09. The molecule has 1 atom stereocenters. The SMILES string of the molecule is CC(CBr)C(=O)O[Si](C)(C)C. The van der Waals surface area contributed by atoms with Crippen molar-refractivity contribution in [2.24, 2.45) is 5.92 Å². The maximum atomic E-state index is 11.2. The number of carbonyl (C=O) groups is 1. The smallest absolute Gasteiger partial charge is 0.296 e. The Morgan fingerprint density at radius 3 is 2.27 bits per heavy atom. The molecule has 0 aromatic rings. The molecule has 0 rings (SSSR count). The first-order chi connectivity index (χ1) is 4.87. The topological polar surface area (TPSA) is 26.3 Å². The summed E-state index contributed by atoms with van der Waals surface area (Å²) in [5.41, 5.74) is 0. The Hall–Kier alpha value is 0.167. The number of alkyl halides is 1. The lowest BCUT2D eigenvalue weighted by atomic mass is 10.2. The molecule has 4 heteroatoms. The number of rotatable bonds is 3. The minimum absolute atomic E-state index is 0.0262. The molecule has 0 heterocycles. The zero-order valence-corrected chi connectivity index (χ0v) is 10.1. The van der Waals surface area contributed by atoms with Crippen LogP contribution in [-0.4, -0.2) is 19.6 Å². The van der Waals surface area contributed by atoms with E-state index in [2.05, 4.69) is 15.9 Å². The zero-order valence-electron chi connectivity index (χ0n) is 7.48. The van der Waals surface area contributed by atoms with E-state index in [1.165, 1.54) is 0 Å². The van der Waals surface area contributed by atoms with Crippen LogP contribution in [0.5, 0.6) is 0 Å². The van der Waals surface area contributed by atoms with E-state index < -0.39 is 8.32 Å². The van der Waals surface area contributed by atoms with Gasteiger partial charge in [-0.3, -0.25) is 4.79 Å². The highest BCUT2D eigenvalue weighted by atomic mass is 79.9. The van der Waals surface area contributed by atoms with Gasteiger partial charge in [0.25, 0.3) is 5.97 Å². The van der Waals surface area contributed by atoms with Gasteiger partial charge in [0.05, 0.1) is 5.92 Å². The van der Waals surface area contributed by atoms with Crippen LogP contribution in [0.25, 0.3) is 0 Å². The first-order valence-electron chi connectivity index (χ1n) is 3.65. The molecule has 0 saturated carbocycles. The fraction of sp³-hybridized carbons (Fsp3) is 0.857. The highest BCUT2D eigenvalue weighted by Crippen LogP contribution is 2.09. The molecule has 0 radical (unpaired) electrons. The fourth-order valence-corrected chi connectivity index (χ4v) is 1.53. The zero-order chi connectivity index (χ0) is 9.07. The van der Waals surface area contributed by atoms with Gasteiger partial charge in [0, 0.05) is 5.33 Å². The molecule has 0 fully saturated rings. The van der Waals surface area contributed by atoms with Gasteiger partial charge in [0.15, 0.2) is 0 Å². The molecule has 1 unspecified atom stereocenters. The molecule has 0 aliphatic rings. The van der Waals surface area contributed by atoms with Gasteiger partial charge in [-0.15, -0.1) is 0 Å². The van der Waals surface area contributed by atoms with Crippen LogP contribution < -0.4 is 0 Å². The van der Waals surface area contributed by atoms with Gasteiger partial charge in [-0.2, -0.15) is 0 Å². The summed E-state index contributed by atoms with van der Waals surface area (Å²) >= 11 is 3.24. The van der Waals surface area contributed by atoms with Gasteiger partial charge in [0.1, 0.15) is 0 Å². The Bertz CT molecular complexity index is 142. The Labute approximate surface area is 77.6 Å². The average molecular weight is 239 g/mol. The van der Waals surface area contributed by atoms with Crippen LogP contribution in [-0.2, 0) is 9.22 Å². The minimum Gasteiger partial charge on any atom is -0.520 e. The molecule has 11 heavy (non-hydrogen) atoms. The molecule has 66 valence electrons. The summed E-state index contributed by atoms with van der Waals surface area (Å²) in [5, 5.41) is 0.677. The highest BCUT2D eigenvalue weighted by Gasteiger charge is 2.22. The van der Waals surface area contributed by atoms with Crippen LogP contribution in [0.2, 0.25) is 19.6 Å². The Balaban J connectivity index is 3.88. The molecule has 0 spiro atoms. The molecule has 0 bridgehead atoms. The molecule has 0 aromatic heterocycles. The van der Waals surface area contributed by atoms with E-state index in [9.17, 15) is 4.79 Å². The second kappa shape index (κ2) is 4.26. The lowest BCUT2D eigenvalue weighted by molar-refractivity contribution is -0.138. The van der Waals surface area contributed by atoms with E-state index in [1.54, 1.807) is 0 Å². The van der Waals surface area contributed by atoms with Gasteiger partial charge in [-0.1, -0.05) is 22.9 Å². The van der Waals surface area contributed by atoms with Crippen molar-refractivity contribution in [2.45, 2.75) is 26.6 Å². The van der Waals surface area contributed by atoms with E-state index in [0.717, 1.165) is 0 Å². The Morgan fingerprint density at radius 2 is 2.00 bits per heavy atom. The van der Waals surface area contributed by atoms with Crippen LogP contribution in [0.3, 0.4) is 0 Å². The van der Waals surface area contributed by atoms with Crippen molar-refractivity contribution in [1.82, 2.24) is 0 Å². The maximum absolute atomic E-state index is 11.2. The quantitative estimate of drug-likeness (QED) is 0.558. The summed E-state index contributed by atoms with van der Waals surface area (Å²) in [6.45, 7) is 7.88. The van der Waals surface area contributed by atoms with Crippen molar-refractivity contribution in [2.75, 3.05) is 5.33 Å². The van der Waals surface area contributed by atoms with Crippen molar-refractivity contribution in [1.29, 1.82) is 0 Å². The van der Waals surface area contributed by atoms with Gasteiger partial charge < -0.3 is 4.43 Å². The predicted octanol–water partition coefficient (Wildman–Crippen LogP) is 2.40. The Kier molecular flexibility index (Phi) is 4.32. The van der Waals surface area contributed by atoms with E-state index >= 15 is 0 Å². The van der Waals surface area contributed by atoms with E-state index in [4.69, 9.17) is 4.43 Å². The molecule has 0 N–H and O–H groups in total. The second-order valence-electron chi connectivity index (χ2n) is 3.59. The molecular weight excluding hydrogens is 224 g/mol. The standard InChI is InChI=1S/C7H15BrO2Si/c1-6(5-8)7(9)10-11(2,3)4/h6H,5H2,1-4H3. The normalized spacial score (nSPS) is 14.3. The third-order valence-corrected chi connectivity index (χ3v) is 2.83. The molecule has 0 aromatic carbocycles. The van der Waals surface area contributed by atoms with Crippen LogP contribution in [0.4, 0.5) is 0 Å². The number of hydrogen-bond acceptors (Lipinski definition) is 2. The molecule has 2 nitrogen and oxygen atoms in total. The monoisotopic (exact) mass is 238 g/mol. The van der Waals surface area contributed by atoms with E-state index in [0.29, 0.717) is 5.33 Å². The van der Waals surface area contributed by atoms with Gasteiger partial charge in [0.2, 0.25) is 8.32 Å². The van der Waals surface area contributed by atoms with Crippen molar-refractivity contribution >= 4 is 30.2 Å². The number of halogens is 1. The minimum atomic E-state index is -1.67. The number of hydrogen-bond donors (Lipinski definition) is 0. The van der Waals surface area contributed by atoms with Crippen molar-refractivity contribution in [3.05, 3.63) is 0 Å². The summed E-state index contributed by atoms with van der Waals surface area (Å²) in [4.78, 5) is 11.2. The number of carbonyl (C=O) groups excluding carboxylic acids is 1. The van der Waals surface area contributed by atoms with Gasteiger partial charge in [-0.05, 0) is 19.6 Å². The van der Waals surface area contributed by atoms with Crippen LogP contribution in [0.15, 0.2) is 0 Å². The van der Waals surface area contributed by atoms with Gasteiger partial charge in [-0.25, -0.2) is 0 Å². The molecule has 0 aliphatic heterocycles. The second-order valence-corrected chi connectivity index (χ2v) is 8.67. The summed E-state index contributed by atoms with van der Waals surface area (Å²) < 4.78 is 5.26. The first-order valence-corrected chi connectivity index (χ1v) is 8.18. The van der Waals surface area contributed by atoms with Crippen LogP contribution in [0.1, 0.15) is 6.92 Å². The lowest BCUT2D eigenvalue weighted by Crippen LogP contribution is -2.32. The van der Waals surface area contributed by atoms with E-state index in [-0.39, 0.29) is 11.9 Å². The molecule has 0 aliphatic carbocycles. The van der Waals surface area contributed by atoms with Crippen molar-refractivity contribution in [3.63, 3.8) is 0 Å². The maximum Gasteiger partial charge on any atom is 0.296 e. The van der Waals surface area contributed by atoms with Crippen LogP contribution >= 0.6 is 15.9 Å². The lowest BCUT2D eigenvalue weighted by Gasteiger charge is -2.19. The first kappa shape index (κ1) is 11.2. The predicted molar refractivity (Wildman–Crippen MR) is 52.4 cm³/mol. The van der Waals surface area contributed by atoms with Crippen molar-refractivity contribution < 1.29 is 9.22 Å². The Morgan fingerprint density at radius 1 is 1.55 bits per heavy atom. The van der Waals surface area contributed by atoms with Gasteiger partial charge >= 0.3 is 0 Å². The molecular formula is C7H15BrO2Si. The summed E-state index contributed by atoms with van der Waals surface area (Å²) in [6.07, 6.45) is 0. The third-order valence-electron chi connectivity index (χ3n) is 1.04. The molecule has 0 amide bonds. The fourth-order valence-electron chi connectivity index (χ4n) is 0.465. The largest absolute Gasteiger partial charge is 0.520 e. The van der Waals surface area contributed by atoms with Crippen LogP contribution in [0, 0.1) is 5.92 Å². The summed E-state index contributed by atoms with van der Waals surface area (Å²) in [7, 11) is -1.67. The van der Waals surface area contributed by atoms with Crippen molar-refractivity contribution in [3.8, 4) is 0 Å². The summed E-state index contributed by atoms with van der Waals surface area (Å²) in [5.74, 6) is -0.109.